The van der Waals surface area contributed by atoms with Crippen molar-refractivity contribution in [3.05, 3.63) is 53.9 Å². The highest BCUT2D eigenvalue weighted by atomic mass is 16.5. The van der Waals surface area contributed by atoms with Crippen LogP contribution in [0, 0.1) is 0 Å². The Morgan fingerprint density at radius 1 is 1.19 bits per heavy atom. The molecule has 4 heteroatoms. The second kappa shape index (κ2) is 7.64. The Kier molecular flexibility index (Phi) is 5.58. The Morgan fingerprint density at radius 2 is 2.05 bits per heavy atom. The van der Waals surface area contributed by atoms with Gasteiger partial charge in [0.05, 0.1) is 19.4 Å². The van der Waals surface area contributed by atoms with Crippen LogP contribution in [0.25, 0.3) is 0 Å². The quantitative estimate of drug-likeness (QED) is 0.847. The number of ether oxygens (including phenoxy) is 2. The maximum absolute atomic E-state index is 5.52. The molecule has 0 aliphatic heterocycles. The summed E-state index contributed by atoms with van der Waals surface area (Å²) in [5, 5.41) is 3.46. The van der Waals surface area contributed by atoms with Crippen LogP contribution in [0.15, 0.2) is 42.6 Å². The van der Waals surface area contributed by atoms with E-state index in [1.165, 1.54) is 0 Å². The SMILES string of the molecule is CCOc1ccc(CN[C@H](C)c2ccccn2)cc1OC. The molecule has 0 fully saturated rings. The van der Waals surface area contributed by atoms with Crippen LogP contribution in [0.3, 0.4) is 0 Å². The number of hydrogen-bond acceptors (Lipinski definition) is 4. The summed E-state index contributed by atoms with van der Waals surface area (Å²) in [5.74, 6) is 1.54. The molecule has 0 saturated carbocycles. The zero-order valence-electron chi connectivity index (χ0n) is 12.8. The minimum absolute atomic E-state index is 0.198. The second-order valence-corrected chi connectivity index (χ2v) is 4.78. The summed E-state index contributed by atoms with van der Waals surface area (Å²) in [5.41, 5.74) is 2.19. The summed E-state index contributed by atoms with van der Waals surface area (Å²) in [7, 11) is 1.66. The Morgan fingerprint density at radius 3 is 2.71 bits per heavy atom. The summed E-state index contributed by atoms with van der Waals surface area (Å²) in [4.78, 5) is 4.36. The lowest BCUT2D eigenvalue weighted by Crippen LogP contribution is -2.19. The van der Waals surface area contributed by atoms with Crippen LogP contribution in [0.2, 0.25) is 0 Å². The molecule has 0 amide bonds. The van der Waals surface area contributed by atoms with E-state index in [1.54, 1.807) is 7.11 Å². The van der Waals surface area contributed by atoms with Crippen LogP contribution >= 0.6 is 0 Å². The van der Waals surface area contributed by atoms with Gasteiger partial charge in [0.25, 0.3) is 0 Å². The van der Waals surface area contributed by atoms with E-state index in [1.807, 2.05) is 49.5 Å². The summed E-state index contributed by atoms with van der Waals surface area (Å²) in [6.07, 6.45) is 1.81. The van der Waals surface area contributed by atoms with Crippen molar-refractivity contribution in [1.29, 1.82) is 0 Å². The van der Waals surface area contributed by atoms with Gasteiger partial charge in [0.1, 0.15) is 0 Å². The first kappa shape index (κ1) is 15.3. The number of pyridine rings is 1. The maximum Gasteiger partial charge on any atom is 0.161 e. The van der Waals surface area contributed by atoms with Crippen molar-refractivity contribution in [3.63, 3.8) is 0 Å². The van der Waals surface area contributed by atoms with E-state index < -0.39 is 0 Å². The van der Waals surface area contributed by atoms with E-state index >= 15 is 0 Å². The van der Waals surface area contributed by atoms with E-state index in [4.69, 9.17) is 9.47 Å². The molecular weight excluding hydrogens is 264 g/mol. The summed E-state index contributed by atoms with van der Waals surface area (Å²) in [6, 6.07) is 12.1. The Hall–Kier alpha value is -2.07. The fraction of sp³-hybridized carbons (Fsp3) is 0.353. The third kappa shape index (κ3) is 4.20. The van der Waals surface area contributed by atoms with Crippen LogP contribution in [0.1, 0.15) is 31.1 Å². The lowest BCUT2D eigenvalue weighted by atomic mass is 10.1. The van der Waals surface area contributed by atoms with E-state index in [2.05, 4.69) is 17.2 Å². The van der Waals surface area contributed by atoms with Crippen LogP contribution in [-0.2, 0) is 6.54 Å². The average molecular weight is 286 g/mol. The number of rotatable bonds is 7. The molecule has 2 aromatic rings. The molecule has 1 atom stereocenters. The third-order valence-corrected chi connectivity index (χ3v) is 3.27. The number of hydrogen-bond donors (Lipinski definition) is 1. The van der Waals surface area contributed by atoms with Crippen LogP contribution in [-0.4, -0.2) is 18.7 Å². The zero-order chi connectivity index (χ0) is 15.1. The van der Waals surface area contributed by atoms with Crippen LogP contribution in [0.5, 0.6) is 11.5 Å². The topological polar surface area (TPSA) is 43.4 Å². The Bertz CT molecular complexity index is 558. The van der Waals surface area contributed by atoms with Crippen molar-refractivity contribution in [2.45, 2.75) is 26.4 Å². The van der Waals surface area contributed by atoms with Crippen LogP contribution in [0.4, 0.5) is 0 Å². The van der Waals surface area contributed by atoms with Gasteiger partial charge in [0, 0.05) is 18.8 Å². The lowest BCUT2D eigenvalue weighted by molar-refractivity contribution is 0.310. The van der Waals surface area contributed by atoms with Crippen molar-refractivity contribution >= 4 is 0 Å². The van der Waals surface area contributed by atoms with Gasteiger partial charge in [0.2, 0.25) is 0 Å². The molecule has 4 nitrogen and oxygen atoms in total. The van der Waals surface area contributed by atoms with Gasteiger partial charge in [0.15, 0.2) is 11.5 Å². The molecule has 0 unspecified atom stereocenters. The normalized spacial score (nSPS) is 12.0. The molecule has 1 aromatic carbocycles. The largest absolute Gasteiger partial charge is 0.493 e. The highest BCUT2D eigenvalue weighted by Gasteiger charge is 2.08. The zero-order valence-corrected chi connectivity index (χ0v) is 12.8. The molecule has 1 aromatic heterocycles. The third-order valence-electron chi connectivity index (χ3n) is 3.27. The van der Waals surface area contributed by atoms with Crippen molar-refractivity contribution in [2.75, 3.05) is 13.7 Å². The van der Waals surface area contributed by atoms with Crippen molar-refractivity contribution in [2.24, 2.45) is 0 Å². The average Bonchev–Trinajstić information content (AvgIpc) is 2.54. The van der Waals surface area contributed by atoms with Gasteiger partial charge < -0.3 is 14.8 Å². The van der Waals surface area contributed by atoms with E-state index in [0.29, 0.717) is 6.61 Å². The van der Waals surface area contributed by atoms with Gasteiger partial charge in [-0.2, -0.15) is 0 Å². The second-order valence-electron chi connectivity index (χ2n) is 4.78. The fourth-order valence-electron chi connectivity index (χ4n) is 2.10. The maximum atomic E-state index is 5.52. The Balaban J connectivity index is 2.00. The molecule has 0 saturated heterocycles. The standard InChI is InChI=1S/C17H22N2O2/c1-4-21-16-9-8-14(11-17(16)20-3)12-19-13(2)15-7-5-6-10-18-15/h5-11,13,19H,4,12H2,1-3H3/t13-/m1/s1. The van der Waals surface area contributed by atoms with Crippen molar-refractivity contribution in [1.82, 2.24) is 10.3 Å². The summed E-state index contributed by atoms with van der Waals surface area (Å²) in [6.45, 7) is 5.45. The smallest absolute Gasteiger partial charge is 0.161 e. The van der Waals surface area contributed by atoms with Crippen LogP contribution < -0.4 is 14.8 Å². The number of benzene rings is 1. The van der Waals surface area contributed by atoms with Gasteiger partial charge in [-0.25, -0.2) is 0 Å². The van der Waals surface area contributed by atoms with Gasteiger partial charge in [-0.05, 0) is 43.7 Å². The van der Waals surface area contributed by atoms with Crippen molar-refractivity contribution < 1.29 is 9.47 Å². The summed E-state index contributed by atoms with van der Waals surface area (Å²) < 4.78 is 10.9. The first-order valence-corrected chi connectivity index (χ1v) is 7.18. The van der Waals surface area contributed by atoms with E-state index in [9.17, 15) is 0 Å². The molecule has 0 spiro atoms. The monoisotopic (exact) mass is 286 g/mol. The first-order valence-electron chi connectivity index (χ1n) is 7.18. The van der Waals surface area contributed by atoms with Gasteiger partial charge >= 0.3 is 0 Å². The highest BCUT2D eigenvalue weighted by molar-refractivity contribution is 5.42. The van der Waals surface area contributed by atoms with E-state index in [-0.39, 0.29) is 6.04 Å². The molecule has 0 aliphatic carbocycles. The first-order chi connectivity index (χ1) is 10.2. The predicted octanol–water partition coefficient (Wildman–Crippen LogP) is 3.34. The summed E-state index contributed by atoms with van der Waals surface area (Å²) >= 11 is 0. The molecule has 21 heavy (non-hydrogen) atoms. The Labute approximate surface area is 126 Å². The minimum atomic E-state index is 0.198. The molecule has 0 radical (unpaired) electrons. The molecule has 1 N–H and O–H groups in total. The van der Waals surface area contributed by atoms with Gasteiger partial charge in [-0.1, -0.05) is 12.1 Å². The number of methoxy groups -OCH3 is 1. The highest BCUT2D eigenvalue weighted by Crippen LogP contribution is 2.28. The van der Waals surface area contributed by atoms with Gasteiger partial charge in [-0.3, -0.25) is 4.98 Å². The lowest BCUT2D eigenvalue weighted by Gasteiger charge is -2.15. The molecule has 0 bridgehead atoms. The minimum Gasteiger partial charge on any atom is -0.493 e. The number of nitrogens with zero attached hydrogens (tertiary/aromatic N) is 1. The van der Waals surface area contributed by atoms with E-state index in [0.717, 1.165) is 29.3 Å². The number of nitrogens with one attached hydrogen (secondary N) is 1. The molecular formula is C17H22N2O2. The predicted molar refractivity (Wildman–Crippen MR) is 83.7 cm³/mol. The molecule has 1 heterocycles. The van der Waals surface area contributed by atoms with Gasteiger partial charge in [-0.15, -0.1) is 0 Å². The molecule has 2 rings (SSSR count). The molecule has 0 aliphatic rings. The molecule has 112 valence electrons. The fourth-order valence-corrected chi connectivity index (χ4v) is 2.10. The number of aromatic nitrogens is 1. The van der Waals surface area contributed by atoms with Crippen molar-refractivity contribution in [3.8, 4) is 11.5 Å².